The zero-order chi connectivity index (χ0) is 26.5. The first-order valence-corrected chi connectivity index (χ1v) is 13.3. The number of carbonyl (C=O) groups is 1. The van der Waals surface area contributed by atoms with E-state index >= 15 is 4.39 Å². The maximum Gasteiger partial charge on any atom is 0.258 e. The van der Waals surface area contributed by atoms with Crippen LogP contribution in [0, 0.1) is 11.6 Å². The first-order chi connectivity index (χ1) is 17.8. The molecule has 0 saturated carbocycles. The predicted octanol–water partition coefficient (Wildman–Crippen LogP) is 5.51. The number of hydrogen-bond acceptors (Lipinski definition) is 7. The Bertz CT molecular complexity index is 1450. The van der Waals surface area contributed by atoms with Crippen LogP contribution < -0.4 is 14.4 Å². The number of nitrogens with one attached hydrogen (secondary N) is 1. The molecule has 1 unspecified atom stereocenters. The van der Waals surface area contributed by atoms with Crippen molar-refractivity contribution in [2.45, 2.75) is 19.3 Å². The van der Waals surface area contributed by atoms with Gasteiger partial charge in [0.25, 0.3) is 5.91 Å². The number of thiophene rings is 1. The summed E-state index contributed by atoms with van der Waals surface area (Å²) in [4.78, 5) is 20.7. The Balaban J connectivity index is 1.49. The summed E-state index contributed by atoms with van der Waals surface area (Å²) in [5, 5.41) is 3.79. The van der Waals surface area contributed by atoms with Crippen molar-refractivity contribution in [1.29, 1.82) is 0 Å². The lowest BCUT2D eigenvalue weighted by Gasteiger charge is -2.27. The van der Waals surface area contributed by atoms with Crippen molar-refractivity contribution in [2.24, 2.45) is 0 Å². The van der Waals surface area contributed by atoms with Gasteiger partial charge in [-0.3, -0.25) is 13.3 Å². The second-order valence-corrected chi connectivity index (χ2v) is 9.94. The molecule has 0 bridgehead atoms. The third-order valence-electron chi connectivity index (χ3n) is 5.55. The molecule has 0 aliphatic heterocycles. The van der Waals surface area contributed by atoms with Crippen LogP contribution in [0.15, 0.2) is 48.1 Å². The van der Waals surface area contributed by atoms with Crippen molar-refractivity contribution in [3.05, 3.63) is 76.0 Å². The number of fused-ring (bicyclic) bond motifs is 1. The van der Waals surface area contributed by atoms with E-state index in [1.807, 2.05) is 24.3 Å². The van der Waals surface area contributed by atoms with Gasteiger partial charge in [-0.15, -0.1) is 11.3 Å². The zero-order valence-electron chi connectivity index (χ0n) is 19.4. The van der Waals surface area contributed by atoms with Gasteiger partial charge in [0.05, 0.1) is 28.6 Å². The Morgan fingerprint density at radius 2 is 1.95 bits per heavy atom. The van der Waals surface area contributed by atoms with Gasteiger partial charge < -0.3 is 14.6 Å². The molecular formula is C24H20ClF2N4O4S2-. The molecule has 37 heavy (non-hydrogen) atoms. The van der Waals surface area contributed by atoms with Crippen molar-refractivity contribution >= 4 is 61.7 Å². The van der Waals surface area contributed by atoms with Crippen LogP contribution in [0.3, 0.4) is 0 Å². The number of aromatic nitrogens is 2. The molecule has 0 aliphatic carbocycles. The minimum atomic E-state index is -2.83. The van der Waals surface area contributed by atoms with Gasteiger partial charge in [-0.05, 0) is 49.1 Å². The van der Waals surface area contributed by atoms with Crippen LogP contribution in [0.25, 0.3) is 10.2 Å². The van der Waals surface area contributed by atoms with Gasteiger partial charge in [-0.2, -0.15) is 0 Å². The largest absolute Gasteiger partial charge is 0.755 e. The van der Waals surface area contributed by atoms with E-state index in [0.29, 0.717) is 24.0 Å². The third kappa shape index (κ3) is 6.04. The Morgan fingerprint density at radius 1 is 1.19 bits per heavy atom. The second-order valence-electron chi connectivity index (χ2n) is 7.83. The summed E-state index contributed by atoms with van der Waals surface area (Å²) in [6.07, 6.45) is 2.90. The Hall–Kier alpha value is -3.19. The zero-order valence-corrected chi connectivity index (χ0v) is 21.8. The number of ether oxygens (including phenoxy) is 1. The third-order valence-corrected chi connectivity index (χ3v) is 7.66. The molecule has 0 spiro atoms. The Morgan fingerprint density at radius 3 is 2.65 bits per heavy atom. The maximum atomic E-state index is 15.3. The van der Waals surface area contributed by atoms with Crippen LogP contribution in [0.2, 0.25) is 5.15 Å². The topological polar surface area (TPSA) is 107 Å². The fourth-order valence-corrected chi connectivity index (χ4v) is 5.39. The van der Waals surface area contributed by atoms with Crippen molar-refractivity contribution < 1.29 is 27.1 Å². The van der Waals surface area contributed by atoms with Crippen LogP contribution in [0.4, 0.5) is 20.2 Å². The van der Waals surface area contributed by atoms with Gasteiger partial charge in [0.15, 0.2) is 5.82 Å². The van der Waals surface area contributed by atoms with E-state index < -0.39 is 34.5 Å². The molecule has 1 N–H and O–H groups in total. The van der Waals surface area contributed by atoms with Gasteiger partial charge in [-0.1, -0.05) is 23.7 Å². The summed E-state index contributed by atoms with van der Waals surface area (Å²) in [6.45, 7) is -0.0349. The highest BCUT2D eigenvalue weighted by molar-refractivity contribution is 7.80. The summed E-state index contributed by atoms with van der Waals surface area (Å²) >= 11 is 4.29. The van der Waals surface area contributed by atoms with Crippen molar-refractivity contribution in [1.82, 2.24) is 9.97 Å². The molecule has 1 atom stereocenters. The van der Waals surface area contributed by atoms with Crippen molar-refractivity contribution in [3.8, 4) is 5.75 Å². The fraction of sp³-hybridized carbons (Fsp3) is 0.208. The van der Waals surface area contributed by atoms with Crippen LogP contribution in [-0.2, 0) is 17.7 Å². The first kappa shape index (κ1) is 26.9. The maximum absolute atomic E-state index is 15.3. The number of hydrogen-bond donors (Lipinski definition) is 1. The Labute approximate surface area is 222 Å². The molecule has 4 aromatic rings. The van der Waals surface area contributed by atoms with E-state index in [9.17, 15) is 17.9 Å². The normalized spacial score (nSPS) is 11.9. The molecule has 8 nitrogen and oxygen atoms in total. The van der Waals surface area contributed by atoms with E-state index in [0.717, 1.165) is 39.1 Å². The minimum Gasteiger partial charge on any atom is -0.755 e. The summed E-state index contributed by atoms with van der Waals surface area (Å²) < 4.78 is 60.1. The fourth-order valence-electron chi connectivity index (χ4n) is 3.66. The lowest BCUT2D eigenvalue weighted by atomic mass is 10.1. The van der Waals surface area contributed by atoms with E-state index in [1.165, 1.54) is 11.7 Å². The van der Waals surface area contributed by atoms with Crippen molar-refractivity contribution in [2.75, 3.05) is 23.3 Å². The van der Waals surface area contributed by atoms with Gasteiger partial charge in [0.2, 0.25) is 0 Å². The lowest BCUT2D eigenvalue weighted by Crippen LogP contribution is -2.28. The van der Waals surface area contributed by atoms with Crippen LogP contribution in [0.5, 0.6) is 5.75 Å². The molecular weight excluding hydrogens is 546 g/mol. The van der Waals surface area contributed by atoms with E-state index in [-0.39, 0.29) is 28.5 Å². The quantitative estimate of drug-likeness (QED) is 0.154. The molecule has 0 aliphatic rings. The smallest absolute Gasteiger partial charge is 0.258 e. The SMILES string of the molecule is COc1ccc(CCCCN(c2ccc(F)c(NC(=O)c3csc4c(Cl)ncnc34)c2F)S(=O)[O-])cc1. The van der Waals surface area contributed by atoms with Crippen LogP contribution in [-0.4, -0.2) is 38.3 Å². The number of benzene rings is 2. The molecule has 0 saturated heterocycles. The number of aryl methyl sites for hydroxylation is 1. The van der Waals surface area contributed by atoms with Crippen molar-refractivity contribution in [3.63, 3.8) is 0 Å². The van der Waals surface area contributed by atoms with E-state index in [1.54, 1.807) is 7.11 Å². The van der Waals surface area contributed by atoms with E-state index in [2.05, 4.69) is 15.3 Å². The molecule has 0 radical (unpaired) electrons. The standard InChI is InChI=1S/C24H21ClF2N4O4S2/c1-35-15-7-5-14(6-8-15)4-2-3-11-31(37(33)34)18-10-9-17(26)21(19(18)27)30-24(32)16-12-36-22-20(16)28-13-29-23(22)25/h5-10,12-13H,2-4,11H2,1H3,(H,30,32)(H,33,34)/p-1. The number of amides is 1. The van der Waals surface area contributed by atoms with Gasteiger partial charge >= 0.3 is 0 Å². The summed E-state index contributed by atoms with van der Waals surface area (Å²) in [6, 6.07) is 9.40. The second kappa shape index (κ2) is 11.9. The van der Waals surface area contributed by atoms with Gasteiger partial charge in [0.1, 0.15) is 28.7 Å². The van der Waals surface area contributed by atoms with Gasteiger partial charge in [-0.25, -0.2) is 18.7 Å². The molecule has 13 heteroatoms. The van der Waals surface area contributed by atoms with E-state index in [4.69, 9.17) is 16.3 Å². The lowest BCUT2D eigenvalue weighted by molar-refractivity contribution is 0.102. The predicted molar refractivity (Wildman–Crippen MR) is 139 cm³/mol. The average Bonchev–Trinajstić information content (AvgIpc) is 3.33. The minimum absolute atomic E-state index is 0.0349. The molecule has 2 heterocycles. The molecule has 1 amide bonds. The highest BCUT2D eigenvalue weighted by Gasteiger charge is 2.23. The number of anilines is 2. The van der Waals surface area contributed by atoms with Gasteiger partial charge in [0, 0.05) is 23.2 Å². The number of nitrogens with zero attached hydrogens (tertiary/aromatic N) is 3. The summed E-state index contributed by atoms with van der Waals surface area (Å²) in [5.41, 5.74) is 0.182. The first-order valence-electron chi connectivity index (χ1n) is 11.0. The number of methoxy groups -OCH3 is 1. The number of unbranched alkanes of at least 4 members (excludes halogenated alkanes) is 1. The molecule has 2 aromatic heterocycles. The van der Waals surface area contributed by atoms with Crippen LogP contribution in [0.1, 0.15) is 28.8 Å². The highest BCUT2D eigenvalue weighted by Crippen LogP contribution is 2.32. The number of rotatable bonds is 10. The molecule has 194 valence electrons. The molecule has 0 fully saturated rings. The molecule has 4 rings (SSSR count). The highest BCUT2D eigenvalue weighted by atomic mass is 35.5. The Kier molecular flexibility index (Phi) is 8.64. The summed E-state index contributed by atoms with van der Waals surface area (Å²) in [5.74, 6) is -2.36. The molecule has 2 aromatic carbocycles. The number of halogens is 3. The average molecular weight is 566 g/mol. The monoisotopic (exact) mass is 565 g/mol. The summed E-state index contributed by atoms with van der Waals surface area (Å²) in [7, 11) is 1.58. The van der Waals surface area contributed by atoms with Crippen LogP contribution >= 0.6 is 22.9 Å². The number of carbonyl (C=O) groups excluding carboxylic acids is 1.